The van der Waals surface area contributed by atoms with Gasteiger partial charge in [0.25, 0.3) is 20.2 Å². The van der Waals surface area contributed by atoms with E-state index in [-0.39, 0.29) is 27.4 Å². The van der Waals surface area contributed by atoms with Crippen LogP contribution in [0.4, 0.5) is 0 Å². The maximum absolute atomic E-state index is 12.7. The molecule has 0 radical (unpaired) electrons. The standard InChI is InChI=1S/C29H40O6S2/c1-21-5-17-27(18-6-21)36(30,31)34-25-13-9-23(10-14-25)29(3,4)24-11-15-26(16-12-24)35-37(32,33)28-19-7-22(2)8-20-28/h5-8,17-20,23-26H,9-16H2,1-4H3. The highest BCUT2D eigenvalue weighted by Crippen LogP contribution is 2.49. The van der Waals surface area contributed by atoms with Crippen molar-refractivity contribution < 1.29 is 25.2 Å². The minimum Gasteiger partial charge on any atom is -0.263 e. The first-order chi connectivity index (χ1) is 17.4. The molecule has 0 aliphatic heterocycles. The van der Waals surface area contributed by atoms with Crippen LogP contribution in [0.25, 0.3) is 0 Å². The summed E-state index contributed by atoms with van der Waals surface area (Å²) >= 11 is 0. The summed E-state index contributed by atoms with van der Waals surface area (Å²) in [6, 6.07) is 13.6. The Hall–Kier alpha value is -1.74. The molecular formula is C29H40O6S2. The largest absolute Gasteiger partial charge is 0.297 e. The van der Waals surface area contributed by atoms with E-state index < -0.39 is 20.2 Å². The summed E-state index contributed by atoms with van der Waals surface area (Å²) in [6.45, 7) is 8.48. The van der Waals surface area contributed by atoms with Crippen LogP contribution in [-0.2, 0) is 28.6 Å². The van der Waals surface area contributed by atoms with E-state index in [1.807, 2.05) is 13.8 Å². The van der Waals surface area contributed by atoms with Crippen LogP contribution in [0.1, 0.15) is 76.3 Å². The van der Waals surface area contributed by atoms with Gasteiger partial charge < -0.3 is 0 Å². The SMILES string of the molecule is Cc1ccc(S(=O)(=O)OC2CCC(C(C)(C)C3CCC(OS(=O)(=O)c4ccc(C)cc4)CC3)CC2)cc1. The van der Waals surface area contributed by atoms with Crippen molar-refractivity contribution in [3.8, 4) is 0 Å². The Morgan fingerprint density at radius 2 is 0.865 bits per heavy atom. The van der Waals surface area contributed by atoms with Gasteiger partial charge in [-0.1, -0.05) is 49.2 Å². The van der Waals surface area contributed by atoms with Gasteiger partial charge in [0, 0.05) is 0 Å². The van der Waals surface area contributed by atoms with Crippen LogP contribution < -0.4 is 0 Å². The zero-order valence-corrected chi connectivity index (χ0v) is 24.0. The monoisotopic (exact) mass is 548 g/mol. The molecule has 2 aromatic carbocycles. The first kappa shape index (κ1) is 28.3. The van der Waals surface area contributed by atoms with Crippen LogP contribution in [0.3, 0.4) is 0 Å². The van der Waals surface area contributed by atoms with Crippen LogP contribution in [0.2, 0.25) is 0 Å². The Morgan fingerprint density at radius 1 is 0.568 bits per heavy atom. The third-order valence-corrected chi connectivity index (χ3v) is 11.3. The molecule has 4 rings (SSSR count). The van der Waals surface area contributed by atoms with Gasteiger partial charge >= 0.3 is 0 Å². The molecule has 0 bridgehead atoms. The number of hydrogen-bond acceptors (Lipinski definition) is 6. The number of aryl methyl sites for hydroxylation is 2. The molecule has 2 aliphatic carbocycles. The molecule has 0 spiro atoms. The number of rotatable bonds is 8. The molecule has 0 atom stereocenters. The molecule has 8 heteroatoms. The van der Waals surface area contributed by atoms with Crippen LogP contribution in [0, 0.1) is 31.1 Å². The van der Waals surface area contributed by atoms with E-state index >= 15 is 0 Å². The van der Waals surface area contributed by atoms with Crippen molar-refractivity contribution >= 4 is 20.2 Å². The minimum absolute atomic E-state index is 0.0849. The van der Waals surface area contributed by atoms with Gasteiger partial charge in [0.15, 0.2) is 0 Å². The summed E-state index contributed by atoms with van der Waals surface area (Å²) in [5.41, 5.74) is 2.10. The third kappa shape index (κ3) is 6.83. The van der Waals surface area contributed by atoms with Gasteiger partial charge in [0.1, 0.15) is 0 Å². The second-order valence-electron chi connectivity index (χ2n) is 11.5. The Balaban J connectivity index is 1.28. The number of benzene rings is 2. The van der Waals surface area contributed by atoms with E-state index in [1.165, 1.54) is 0 Å². The molecule has 0 N–H and O–H groups in total. The smallest absolute Gasteiger partial charge is 0.263 e. The van der Waals surface area contributed by atoms with Crippen LogP contribution in [0.5, 0.6) is 0 Å². The van der Waals surface area contributed by atoms with E-state index in [1.54, 1.807) is 48.5 Å². The van der Waals surface area contributed by atoms with Gasteiger partial charge in [0.2, 0.25) is 0 Å². The summed E-state index contributed by atoms with van der Waals surface area (Å²) in [7, 11) is -7.51. The summed E-state index contributed by atoms with van der Waals surface area (Å²) in [6.07, 6.45) is 6.07. The van der Waals surface area contributed by atoms with E-state index in [9.17, 15) is 16.8 Å². The molecule has 2 aliphatic rings. The number of hydrogen-bond donors (Lipinski definition) is 0. The molecular weight excluding hydrogens is 508 g/mol. The minimum atomic E-state index is -3.76. The van der Waals surface area contributed by atoms with Gasteiger partial charge in [-0.2, -0.15) is 16.8 Å². The lowest BCUT2D eigenvalue weighted by Gasteiger charge is -2.46. The van der Waals surface area contributed by atoms with Crippen molar-refractivity contribution in [1.29, 1.82) is 0 Å². The Labute approximate surface area is 223 Å². The zero-order valence-electron chi connectivity index (χ0n) is 22.4. The molecule has 0 heterocycles. The van der Waals surface area contributed by atoms with Crippen molar-refractivity contribution in [2.75, 3.05) is 0 Å². The Bertz CT molecular complexity index is 1150. The fraction of sp³-hybridized carbons (Fsp3) is 0.586. The fourth-order valence-corrected chi connectivity index (χ4v) is 8.28. The molecule has 2 aromatic rings. The highest BCUT2D eigenvalue weighted by molar-refractivity contribution is 7.87. The lowest BCUT2D eigenvalue weighted by Crippen LogP contribution is -2.39. The highest BCUT2D eigenvalue weighted by atomic mass is 32.2. The van der Waals surface area contributed by atoms with Crippen molar-refractivity contribution in [2.24, 2.45) is 17.3 Å². The molecule has 204 valence electrons. The second kappa shape index (κ2) is 11.2. The normalized spacial score (nSPS) is 25.6. The molecule has 0 unspecified atom stereocenters. The van der Waals surface area contributed by atoms with Crippen molar-refractivity contribution in [1.82, 2.24) is 0 Å². The van der Waals surface area contributed by atoms with Crippen molar-refractivity contribution in [3.05, 3.63) is 59.7 Å². The Kier molecular flexibility index (Phi) is 8.53. The average Bonchev–Trinajstić information content (AvgIpc) is 2.85. The lowest BCUT2D eigenvalue weighted by molar-refractivity contribution is 0.0133. The first-order valence-electron chi connectivity index (χ1n) is 13.4. The van der Waals surface area contributed by atoms with Gasteiger partial charge in [0.05, 0.1) is 22.0 Å². The fourth-order valence-electron chi connectivity index (χ4n) is 6.02. The summed E-state index contributed by atoms with van der Waals surface area (Å²) in [5, 5.41) is 0. The Morgan fingerprint density at radius 3 is 1.16 bits per heavy atom. The summed E-state index contributed by atoms with van der Waals surface area (Å²) < 4.78 is 62.0. The van der Waals surface area contributed by atoms with Gasteiger partial charge in [-0.15, -0.1) is 0 Å². The lowest BCUT2D eigenvalue weighted by atomic mass is 9.60. The van der Waals surface area contributed by atoms with Crippen LogP contribution in [0.15, 0.2) is 58.3 Å². The van der Waals surface area contributed by atoms with Gasteiger partial charge in [-0.25, -0.2) is 0 Å². The molecule has 0 saturated heterocycles. The van der Waals surface area contributed by atoms with E-state index in [0.717, 1.165) is 62.5 Å². The van der Waals surface area contributed by atoms with E-state index in [4.69, 9.17) is 8.37 Å². The first-order valence-corrected chi connectivity index (χ1v) is 16.2. The average molecular weight is 549 g/mol. The highest BCUT2D eigenvalue weighted by Gasteiger charge is 2.42. The zero-order chi connectivity index (χ0) is 26.8. The summed E-state index contributed by atoms with van der Waals surface area (Å²) in [5.74, 6) is 0.960. The molecule has 2 fully saturated rings. The second-order valence-corrected chi connectivity index (χ2v) is 14.6. The van der Waals surface area contributed by atoms with E-state index in [2.05, 4.69) is 13.8 Å². The van der Waals surface area contributed by atoms with E-state index in [0.29, 0.717) is 11.8 Å². The van der Waals surface area contributed by atoms with Gasteiger partial charge in [-0.3, -0.25) is 8.37 Å². The third-order valence-electron chi connectivity index (χ3n) is 8.60. The van der Waals surface area contributed by atoms with Crippen molar-refractivity contribution in [2.45, 2.75) is 101 Å². The topological polar surface area (TPSA) is 86.7 Å². The molecule has 6 nitrogen and oxygen atoms in total. The molecule has 0 amide bonds. The molecule has 0 aromatic heterocycles. The van der Waals surface area contributed by atoms with Crippen molar-refractivity contribution in [3.63, 3.8) is 0 Å². The molecule has 37 heavy (non-hydrogen) atoms. The predicted octanol–water partition coefficient (Wildman–Crippen LogP) is 6.56. The quantitative estimate of drug-likeness (QED) is 0.347. The van der Waals surface area contributed by atoms with Crippen LogP contribution >= 0.6 is 0 Å². The van der Waals surface area contributed by atoms with Crippen LogP contribution in [-0.4, -0.2) is 29.0 Å². The summed E-state index contributed by atoms with van der Waals surface area (Å²) in [4.78, 5) is 0.424. The maximum Gasteiger partial charge on any atom is 0.297 e. The molecule has 2 saturated carbocycles. The predicted molar refractivity (Wildman–Crippen MR) is 144 cm³/mol. The maximum atomic E-state index is 12.7. The van der Waals surface area contributed by atoms with Gasteiger partial charge in [-0.05, 0) is 107 Å².